The molecule has 1 amide bonds. The highest BCUT2D eigenvalue weighted by molar-refractivity contribution is 6.42. The third-order valence-corrected chi connectivity index (χ3v) is 4.42. The van der Waals surface area contributed by atoms with Gasteiger partial charge in [-0.1, -0.05) is 24.3 Å². The molecule has 0 aromatic heterocycles. The minimum absolute atomic E-state index is 0.202. The lowest BCUT2D eigenvalue weighted by Gasteiger charge is -2.27. The van der Waals surface area contributed by atoms with Crippen LogP contribution >= 0.6 is 0 Å². The molecule has 1 aliphatic heterocycles. The molecule has 0 saturated carbocycles. The highest BCUT2D eigenvalue weighted by atomic mass is 16.5. The van der Waals surface area contributed by atoms with Crippen molar-refractivity contribution in [1.29, 1.82) is 0 Å². The van der Waals surface area contributed by atoms with E-state index in [0.29, 0.717) is 31.3 Å². The Labute approximate surface area is 164 Å². The van der Waals surface area contributed by atoms with E-state index in [0.717, 1.165) is 23.3 Å². The van der Waals surface area contributed by atoms with E-state index in [2.05, 4.69) is 10.3 Å². The summed E-state index contributed by atoms with van der Waals surface area (Å²) < 4.78 is 5.27. The third-order valence-electron chi connectivity index (χ3n) is 4.42. The van der Waals surface area contributed by atoms with E-state index in [4.69, 9.17) is 9.73 Å². The van der Waals surface area contributed by atoms with Crippen LogP contribution in [0.4, 0.5) is 0 Å². The molecule has 0 aliphatic carbocycles. The lowest BCUT2D eigenvalue weighted by molar-refractivity contribution is -0.115. The molecule has 3 rings (SSSR count). The summed E-state index contributed by atoms with van der Waals surface area (Å²) in [7, 11) is 1.61. The normalized spacial score (nSPS) is 16.0. The van der Waals surface area contributed by atoms with Gasteiger partial charge in [-0.15, -0.1) is 0 Å². The van der Waals surface area contributed by atoms with Crippen molar-refractivity contribution in [2.45, 2.75) is 19.5 Å². The van der Waals surface area contributed by atoms with Crippen LogP contribution in [-0.2, 0) is 11.3 Å². The number of aromatic hydroxyl groups is 1. The Bertz CT molecular complexity index is 877. The fourth-order valence-corrected chi connectivity index (χ4v) is 3.02. The van der Waals surface area contributed by atoms with Gasteiger partial charge >= 0.3 is 0 Å². The van der Waals surface area contributed by atoms with Crippen molar-refractivity contribution in [3.63, 3.8) is 0 Å². The van der Waals surface area contributed by atoms with Gasteiger partial charge in [-0.05, 0) is 42.3 Å². The van der Waals surface area contributed by atoms with E-state index < -0.39 is 0 Å². The van der Waals surface area contributed by atoms with Crippen molar-refractivity contribution in [2.75, 3.05) is 20.2 Å². The van der Waals surface area contributed by atoms with E-state index in [1.54, 1.807) is 24.1 Å². The summed E-state index contributed by atoms with van der Waals surface area (Å²) in [6, 6.07) is 14.3. The predicted molar refractivity (Wildman–Crippen MR) is 109 cm³/mol. The molecule has 0 fully saturated rings. The maximum Gasteiger partial charge on any atom is 0.215 e. The zero-order chi connectivity index (χ0) is 19.9. The first kappa shape index (κ1) is 19.4. The van der Waals surface area contributed by atoms with Crippen LogP contribution in [0, 0.1) is 0 Å². The maximum absolute atomic E-state index is 11.9. The van der Waals surface area contributed by atoms with Crippen molar-refractivity contribution in [3.8, 4) is 11.5 Å². The number of amides is 1. The molecule has 1 atom stereocenters. The Morgan fingerprint density at radius 2 is 2.07 bits per heavy atom. The van der Waals surface area contributed by atoms with Gasteiger partial charge in [0.15, 0.2) is 11.7 Å². The van der Waals surface area contributed by atoms with Gasteiger partial charge in [-0.3, -0.25) is 19.7 Å². The molecule has 2 aromatic carbocycles. The lowest BCUT2D eigenvalue weighted by atomic mass is 10.1. The molecule has 146 valence electrons. The quantitative estimate of drug-likeness (QED) is 0.754. The molecule has 2 aromatic rings. The van der Waals surface area contributed by atoms with Crippen LogP contribution in [0.1, 0.15) is 24.1 Å². The molecule has 7 heteroatoms. The number of carbonyl (C=O) groups excluding carboxylic acids is 1. The van der Waals surface area contributed by atoms with E-state index in [1.165, 1.54) is 0 Å². The van der Waals surface area contributed by atoms with Crippen LogP contribution in [0.3, 0.4) is 0 Å². The largest absolute Gasteiger partial charge is 0.508 e. The summed E-state index contributed by atoms with van der Waals surface area (Å²) in [5.74, 6) is 2.04. The predicted octanol–water partition coefficient (Wildman–Crippen LogP) is 2.52. The summed E-state index contributed by atoms with van der Waals surface area (Å²) in [6.45, 7) is 3.47. The van der Waals surface area contributed by atoms with Gasteiger partial charge in [0.05, 0.1) is 26.2 Å². The molecule has 0 saturated heterocycles. The maximum atomic E-state index is 11.9. The number of nitrogens with zero attached hydrogens (tertiary/aromatic N) is 3. The molecule has 0 radical (unpaired) electrons. The van der Waals surface area contributed by atoms with Gasteiger partial charge in [0.2, 0.25) is 6.41 Å². The highest BCUT2D eigenvalue weighted by Crippen LogP contribution is 2.24. The number of hydrogen-bond acceptors (Lipinski definition) is 6. The van der Waals surface area contributed by atoms with Gasteiger partial charge in [0.1, 0.15) is 11.5 Å². The lowest BCUT2D eigenvalue weighted by Crippen LogP contribution is -2.44. The molecular formula is C21H24N4O3. The first-order chi connectivity index (χ1) is 13.6. The molecule has 7 nitrogen and oxygen atoms in total. The number of phenols is 1. The van der Waals surface area contributed by atoms with Crippen molar-refractivity contribution in [2.24, 2.45) is 9.98 Å². The molecule has 0 bridgehead atoms. The first-order valence-electron chi connectivity index (χ1n) is 9.15. The number of rotatable bonds is 6. The number of likely N-dealkylation sites (N-methyl/N-ethyl adjacent to an activating group) is 1. The van der Waals surface area contributed by atoms with Gasteiger partial charge in [-0.2, -0.15) is 0 Å². The topological polar surface area (TPSA) is 86.5 Å². The SMILES string of the molecule is CCNC1=NCC(c2ccc(O)cc2)N=C1N(C=O)Cc1cccc(OC)c1. The Morgan fingerprint density at radius 1 is 1.29 bits per heavy atom. The number of amidine groups is 2. The van der Waals surface area contributed by atoms with Crippen LogP contribution in [0.2, 0.25) is 0 Å². The second-order valence-corrected chi connectivity index (χ2v) is 6.36. The van der Waals surface area contributed by atoms with Crippen molar-refractivity contribution in [3.05, 3.63) is 59.7 Å². The number of hydrogen-bond donors (Lipinski definition) is 2. The van der Waals surface area contributed by atoms with Crippen molar-refractivity contribution >= 4 is 18.1 Å². The minimum atomic E-state index is -0.217. The number of phenolic OH excluding ortho intramolecular Hbond substituents is 1. The average Bonchev–Trinajstić information content (AvgIpc) is 2.73. The number of ether oxygens (including phenoxy) is 1. The Hall–Kier alpha value is -3.35. The number of benzene rings is 2. The third kappa shape index (κ3) is 4.49. The summed E-state index contributed by atoms with van der Waals surface area (Å²) in [5, 5.41) is 12.7. The summed E-state index contributed by atoms with van der Waals surface area (Å²) >= 11 is 0. The fourth-order valence-electron chi connectivity index (χ4n) is 3.02. The molecular weight excluding hydrogens is 356 g/mol. The Balaban J connectivity index is 1.90. The van der Waals surface area contributed by atoms with Crippen LogP contribution < -0.4 is 10.1 Å². The monoisotopic (exact) mass is 380 g/mol. The summed E-state index contributed by atoms with van der Waals surface area (Å²) in [4.78, 5) is 22.9. The van der Waals surface area contributed by atoms with Gasteiger partial charge in [0.25, 0.3) is 0 Å². The minimum Gasteiger partial charge on any atom is -0.508 e. The second kappa shape index (κ2) is 9.03. The molecule has 1 heterocycles. The molecule has 0 spiro atoms. The average molecular weight is 380 g/mol. The van der Waals surface area contributed by atoms with Crippen molar-refractivity contribution in [1.82, 2.24) is 10.2 Å². The Morgan fingerprint density at radius 3 is 2.75 bits per heavy atom. The van der Waals surface area contributed by atoms with E-state index in [-0.39, 0.29) is 11.8 Å². The first-order valence-corrected chi connectivity index (χ1v) is 9.15. The van der Waals surface area contributed by atoms with E-state index >= 15 is 0 Å². The second-order valence-electron chi connectivity index (χ2n) is 6.36. The molecule has 1 unspecified atom stereocenters. The Kier molecular flexibility index (Phi) is 6.26. The number of aliphatic imine (C=N–C) groups is 2. The van der Waals surface area contributed by atoms with Gasteiger partial charge < -0.3 is 15.2 Å². The number of nitrogens with one attached hydrogen (secondary N) is 1. The smallest absolute Gasteiger partial charge is 0.215 e. The summed E-state index contributed by atoms with van der Waals surface area (Å²) in [5.41, 5.74) is 1.86. The number of carbonyl (C=O) groups is 1. The standard InChI is InChI=1S/C21H24N4O3/c1-3-22-20-21(24-19(12-23-20)16-7-9-17(27)10-8-16)25(14-26)13-15-5-4-6-18(11-15)28-2/h4-11,14,19,27H,3,12-13H2,1-2H3,(H,22,23). The molecule has 28 heavy (non-hydrogen) atoms. The van der Waals surface area contributed by atoms with E-state index in [1.807, 2.05) is 43.3 Å². The van der Waals surface area contributed by atoms with Crippen LogP contribution in [-0.4, -0.2) is 48.3 Å². The van der Waals surface area contributed by atoms with Crippen molar-refractivity contribution < 1.29 is 14.6 Å². The highest BCUT2D eigenvalue weighted by Gasteiger charge is 2.24. The molecule has 2 N–H and O–H groups in total. The number of methoxy groups -OCH3 is 1. The van der Waals surface area contributed by atoms with Gasteiger partial charge in [0, 0.05) is 6.54 Å². The van der Waals surface area contributed by atoms with Crippen LogP contribution in [0.15, 0.2) is 58.5 Å². The zero-order valence-electron chi connectivity index (χ0n) is 16.0. The zero-order valence-corrected chi connectivity index (χ0v) is 16.0. The van der Waals surface area contributed by atoms with Crippen LogP contribution in [0.25, 0.3) is 0 Å². The molecule has 1 aliphatic rings. The summed E-state index contributed by atoms with van der Waals surface area (Å²) in [6.07, 6.45) is 0.768. The van der Waals surface area contributed by atoms with Gasteiger partial charge in [-0.25, -0.2) is 0 Å². The van der Waals surface area contributed by atoms with E-state index in [9.17, 15) is 9.90 Å². The fraction of sp³-hybridized carbons (Fsp3) is 0.286. The van der Waals surface area contributed by atoms with Crippen LogP contribution in [0.5, 0.6) is 11.5 Å².